The summed E-state index contributed by atoms with van der Waals surface area (Å²) in [5.74, 6) is -0.250. The molecule has 4 rings (SSSR count). The number of thiazole rings is 1. The number of para-hydroxylation sites is 1. The van der Waals surface area contributed by atoms with Crippen LogP contribution in [0.25, 0.3) is 16.9 Å². The Balaban J connectivity index is 1.64. The van der Waals surface area contributed by atoms with Gasteiger partial charge in [0.25, 0.3) is 5.91 Å². The van der Waals surface area contributed by atoms with Crippen LogP contribution in [-0.2, 0) is 6.18 Å². The highest BCUT2D eigenvalue weighted by molar-refractivity contribution is 7.16. The third-order valence-corrected chi connectivity index (χ3v) is 5.55. The molecule has 1 N–H and O–H groups in total. The smallest absolute Gasteiger partial charge is 0.434 e. The number of rotatable bonds is 5. The second-order valence-electron chi connectivity index (χ2n) is 6.76. The van der Waals surface area contributed by atoms with E-state index in [1.54, 1.807) is 37.4 Å². The maximum Gasteiger partial charge on any atom is 0.434 e. The van der Waals surface area contributed by atoms with Gasteiger partial charge in [-0.25, -0.2) is 9.67 Å². The number of hydrogen-bond acceptors (Lipinski definition) is 5. The molecule has 2 heterocycles. The summed E-state index contributed by atoms with van der Waals surface area (Å²) in [6.07, 6.45) is -3.87. The Labute approximate surface area is 185 Å². The van der Waals surface area contributed by atoms with E-state index < -0.39 is 23.3 Å². The highest BCUT2D eigenvalue weighted by Crippen LogP contribution is 2.35. The Morgan fingerprint density at radius 3 is 2.41 bits per heavy atom. The quantitative estimate of drug-likeness (QED) is 0.424. The van der Waals surface area contributed by atoms with Crippen molar-refractivity contribution < 1.29 is 22.7 Å². The van der Waals surface area contributed by atoms with Crippen LogP contribution in [0.15, 0.2) is 60.8 Å². The first kappa shape index (κ1) is 21.6. The zero-order valence-electron chi connectivity index (χ0n) is 17.0. The number of aromatic nitrogens is 3. The van der Waals surface area contributed by atoms with Crippen LogP contribution in [0.3, 0.4) is 0 Å². The first-order chi connectivity index (χ1) is 15.3. The SMILES string of the molecule is COc1ccc(-c2nc(NC(=O)c3cnn(-c4ccccc4)c3C(F)(F)F)sc2C)cc1. The lowest BCUT2D eigenvalue weighted by Gasteiger charge is -2.12. The molecule has 10 heteroatoms. The molecule has 2 aromatic heterocycles. The summed E-state index contributed by atoms with van der Waals surface area (Å²) in [6.45, 7) is 1.82. The summed E-state index contributed by atoms with van der Waals surface area (Å²) in [7, 11) is 1.56. The number of alkyl halides is 3. The molecule has 4 aromatic rings. The number of methoxy groups -OCH3 is 1. The van der Waals surface area contributed by atoms with Crippen LogP contribution >= 0.6 is 11.3 Å². The zero-order chi connectivity index (χ0) is 22.9. The molecule has 6 nitrogen and oxygen atoms in total. The third kappa shape index (κ3) is 4.22. The molecule has 0 spiro atoms. The molecular formula is C22H17F3N4O2S. The Hall–Kier alpha value is -3.66. The highest BCUT2D eigenvalue weighted by atomic mass is 32.1. The standard InChI is InChI=1S/C22H17F3N4O2S/c1-13-18(14-8-10-16(31-2)11-9-14)27-21(32-13)28-20(30)17-12-26-29(19(17)22(23,24)25)15-6-4-3-5-7-15/h3-12H,1-2H3,(H,27,28,30). The van der Waals surface area contributed by atoms with Crippen molar-refractivity contribution in [3.8, 4) is 22.7 Å². The normalized spacial score (nSPS) is 11.4. The van der Waals surface area contributed by atoms with Gasteiger partial charge < -0.3 is 4.74 Å². The van der Waals surface area contributed by atoms with Crippen molar-refractivity contribution in [1.29, 1.82) is 0 Å². The van der Waals surface area contributed by atoms with Crippen molar-refractivity contribution in [2.45, 2.75) is 13.1 Å². The molecule has 0 saturated carbocycles. The molecule has 0 aliphatic heterocycles. The molecule has 0 atom stereocenters. The fourth-order valence-corrected chi connectivity index (χ4v) is 4.01. The lowest BCUT2D eigenvalue weighted by Crippen LogP contribution is -2.20. The number of anilines is 1. The van der Waals surface area contributed by atoms with Gasteiger partial charge in [-0.1, -0.05) is 18.2 Å². The number of ether oxygens (including phenoxy) is 1. The molecule has 0 aliphatic carbocycles. The number of carbonyl (C=O) groups is 1. The van der Waals surface area contributed by atoms with Crippen molar-refractivity contribution in [2.75, 3.05) is 12.4 Å². The fourth-order valence-electron chi connectivity index (χ4n) is 3.18. The van der Waals surface area contributed by atoms with E-state index in [4.69, 9.17) is 4.74 Å². The van der Waals surface area contributed by atoms with Gasteiger partial charge in [0.2, 0.25) is 0 Å². The maximum absolute atomic E-state index is 13.8. The van der Waals surface area contributed by atoms with Gasteiger partial charge in [-0.15, -0.1) is 11.3 Å². The van der Waals surface area contributed by atoms with E-state index in [1.807, 2.05) is 19.1 Å². The molecule has 0 radical (unpaired) electrons. The Bertz CT molecular complexity index is 1250. The summed E-state index contributed by atoms with van der Waals surface area (Å²) in [5.41, 5.74) is -0.104. The van der Waals surface area contributed by atoms with Crippen LogP contribution in [0, 0.1) is 6.92 Å². The predicted molar refractivity (Wildman–Crippen MR) is 115 cm³/mol. The molecule has 164 valence electrons. The fraction of sp³-hybridized carbons (Fsp3) is 0.136. The Morgan fingerprint density at radius 1 is 1.09 bits per heavy atom. The Morgan fingerprint density at radius 2 is 1.78 bits per heavy atom. The summed E-state index contributed by atoms with van der Waals surface area (Å²) in [5, 5.41) is 6.48. The average molecular weight is 458 g/mol. The van der Waals surface area contributed by atoms with Gasteiger partial charge in [0, 0.05) is 10.4 Å². The topological polar surface area (TPSA) is 69.0 Å². The minimum Gasteiger partial charge on any atom is -0.497 e. The monoisotopic (exact) mass is 458 g/mol. The van der Waals surface area contributed by atoms with E-state index in [0.29, 0.717) is 16.1 Å². The van der Waals surface area contributed by atoms with Crippen LogP contribution in [0.1, 0.15) is 20.9 Å². The van der Waals surface area contributed by atoms with Gasteiger partial charge in [-0.2, -0.15) is 18.3 Å². The summed E-state index contributed by atoms with van der Waals surface area (Å²) in [4.78, 5) is 18.0. The number of amides is 1. The number of benzene rings is 2. The molecule has 0 fully saturated rings. The van der Waals surface area contributed by atoms with Gasteiger partial charge in [-0.05, 0) is 43.3 Å². The lowest BCUT2D eigenvalue weighted by atomic mass is 10.1. The number of nitrogens with one attached hydrogen (secondary N) is 1. The van der Waals surface area contributed by atoms with Crippen molar-refractivity contribution in [3.63, 3.8) is 0 Å². The molecule has 32 heavy (non-hydrogen) atoms. The largest absolute Gasteiger partial charge is 0.497 e. The summed E-state index contributed by atoms with van der Waals surface area (Å²) < 4.78 is 47.3. The first-order valence-corrected chi connectivity index (χ1v) is 10.2. The molecule has 1 amide bonds. The van der Waals surface area contributed by atoms with E-state index in [1.165, 1.54) is 23.5 Å². The second-order valence-corrected chi connectivity index (χ2v) is 7.96. The van der Waals surface area contributed by atoms with Gasteiger partial charge in [0.15, 0.2) is 10.8 Å². The van der Waals surface area contributed by atoms with Crippen LogP contribution in [0.2, 0.25) is 0 Å². The lowest BCUT2D eigenvalue weighted by molar-refractivity contribution is -0.143. The van der Waals surface area contributed by atoms with Crippen molar-refractivity contribution in [3.05, 3.63) is 76.9 Å². The van der Waals surface area contributed by atoms with Crippen LogP contribution in [0.4, 0.5) is 18.3 Å². The van der Waals surface area contributed by atoms with Crippen LogP contribution < -0.4 is 10.1 Å². The molecule has 0 unspecified atom stereocenters. The molecule has 0 saturated heterocycles. The van der Waals surface area contributed by atoms with Crippen molar-refractivity contribution in [1.82, 2.24) is 14.8 Å². The predicted octanol–water partition coefficient (Wildman–Crippen LogP) is 5.58. The first-order valence-electron chi connectivity index (χ1n) is 9.42. The molecule has 0 bridgehead atoms. The zero-order valence-corrected chi connectivity index (χ0v) is 17.8. The third-order valence-electron chi connectivity index (χ3n) is 4.66. The van der Waals surface area contributed by atoms with E-state index in [2.05, 4.69) is 15.4 Å². The molecule has 0 aliphatic rings. The van der Waals surface area contributed by atoms with E-state index in [-0.39, 0.29) is 10.8 Å². The number of nitrogens with zero attached hydrogens (tertiary/aromatic N) is 3. The van der Waals surface area contributed by atoms with E-state index in [0.717, 1.165) is 16.6 Å². The van der Waals surface area contributed by atoms with Crippen molar-refractivity contribution in [2.24, 2.45) is 0 Å². The second kappa shape index (κ2) is 8.46. The van der Waals surface area contributed by atoms with Crippen LogP contribution in [-0.4, -0.2) is 27.8 Å². The van der Waals surface area contributed by atoms with Crippen LogP contribution in [0.5, 0.6) is 5.75 Å². The number of hydrogen-bond donors (Lipinski definition) is 1. The number of carbonyl (C=O) groups excluding carboxylic acids is 1. The van der Waals surface area contributed by atoms with E-state index in [9.17, 15) is 18.0 Å². The number of halogens is 3. The van der Waals surface area contributed by atoms with E-state index >= 15 is 0 Å². The van der Waals surface area contributed by atoms with Crippen molar-refractivity contribution >= 4 is 22.4 Å². The Kier molecular flexibility index (Phi) is 5.70. The minimum absolute atomic E-state index is 0.193. The number of aryl methyl sites for hydroxylation is 1. The maximum atomic E-state index is 13.8. The van der Waals surface area contributed by atoms with Gasteiger partial charge >= 0.3 is 6.18 Å². The average Bonchev–Trinajstić information content (AvgIpc) is 3.38. The summed E-state index contributed by atoms with van der Waals surface area (Å²) >= 11 is 1.18. The van der Waals surface area contributed by atoms with Gasteiger partial charge in [-0.3, -0.25) is 10.1 Å². The minimum atomic E-state index is -4.79. The summed E-state index contributed by atoms with van der Waals surface area (Å²) in [6, 6.07) is 15.0. The molecule has 2 aromatic carbocycles. The highest BCUT2D eigenvalue weighted by Gasteiger charge is 2.40. The molecular weight excluding hydrogens is 441 g/mol. The van der Waals surface area contributed by atoms with Gasteiger partial charge in [0.05, 0.1) is 30.3 Å². The van der Waals surface area contributed by atoms with Gasteiger partial charge in [0.1, 0.15) is 5.75 Å².